The molecule has 0 aliphatic rings. The molecule has 6 N–H and O–H groups in total. The van der Waals surface area contributed by atoms with Crippen LogP contribution in [0.25, 0.3) is 10.9 Å². The van der Waals surface area contributed by atoms with E-state index in [-0.39, 0.29) is 17.9 Å². The summed E-state index contributed by atoms with van der Waals surface area (Å²) in [5.41, 5.74) is -2.08. The molecule has 0 bridgehead atoms. The second-order valence-electron chi connectivity index (χ2n) is 6.61. The van der Waals surface area contributed by atoms with Gasteiger partial charge in [-0.3, -0.25) is 0 Å². The molecule has 3 aromatic rings. The molecule has 1 aromatic heterocycles. The number of carbonyl (C=O) groups is 2. The Morgan fingerprint density at radius 1 is 1.20 bits per heavy atom. The first kappa shape index (κ1) is 21.8. The normalized spacial score (nSPS) is 14.4. The summed E-state index contributed by atoms with van der Waals surface area (Å²) in [6.07, 6.45) is -0.840. The highest BCUT2D eigenvalue weighted by atomic mass is 32.2. The Hall–Kier alpha value is -2.92. The number of aliphatic hydroxyl groups is 2. The first-order chi connectivity index (χ1) is 14.2. The molecule has 8 nitrogen and oxygen atoms in total. The predicted molar refractivity (Wildman–Crippen MR) is 107 cm³/mol. The van der Waals surface area contributed by atoms with Crippen LogP contribution >= 0.6 is 11.8 Å². The minimum atomic E-state index is -3.02. The molecule has 3 rings (SSSR count). The van der Waals surface area contributed by atoms with Gasteiger partial charge in [-0.1, -0.05) is 17.8 Å². The Morgan fingerprint density at radius 2 is 1.93 bits per heavy atom. The smallest absolute Gasteiger partial charge is 0.343 e. The highest BCUT2D eigenvalue weighted by Crippen LogP contribution is 2.37. The lowest BCUT2D eigenvalue weighted by molar-refractivity contribution is -0.185. The molecule has 158 valence electrons. The van der Waals surface area contributed by atoms with Gasteiger partial charge < -0.3 is 30.7 Å². The molecule has 0 saturated carbocycles. The molecule has 0 aliphatic carbocycles. The van der Waals surface area contributed by atoms with Gasteiger partial charge in [0.25, 0.3) is 0 Å². The van der Waals surface area contributed by atoms with E-state index >= 15 is 0 Å². The molecular formula is C20H19FN2O6S. The Kier molecular flexibility index (Phi) is 6.13. The number of hydrogen-bond acceptors (Lipinski definition) is 6. The van der Waals surface area contributed by atoms with Crippen molar-refractivity contribution < 1.29 is 34.4 Å². The maximum absolute atomic E-state index is 13.4. The molecule has 2 unspecified atom stereocenters. The van der Waals surface area contributed by atoms with Crippen LogP contribution in [0.1, 0.15) is 11.1 Å². The molecule has 1 heterocycles. The molecule has 10 heteroatoms. The molecule has 0 amide bonds. The zero-order valence-electron chi connectivity index (χ0n) is 15.7. The summed E-state index contributed by atoms with van der Waals surface area (Å²) in [5.74, 6) is -4.11. The largest absolute Gasteiger partial charge is 0.479 e. The minimum absolute atomic E-state index is 0.263. The maximum Gasteiger partial charge on any atom is 0.343 e. The number of halogens is 1. The van der Waals surface area contributed by atoms with Crippen molar-refractivity contribution in [2.45, 2.75) is 28.0 Å². The number of nitrogens with one attached hydrogen (secondary N) is 2. The number of rotatable bonds is 8. The van der Waals surface area contributed by atoms with E-state index in [4.69, 9.17) is 5.11 Å². The first-order valence-electron chi connectivity index (χ1n) is 8.77. The number of aromatic amines is 1. The highest BCUT2D eigenvalue weighted by Gasteiger charge is 2.49. The van der Waals surface area contributed by atoms with Gasteiger partial charge in [0.2, 0.25) is 5.60 Å². The first-order valence-corrected chi connectivity index (χ1v) is 9.59. The van der Waals surface area contributed by atoms with Gasteiger partial charge in [-0.2, -0.15) is 0 Å². The van der Waals surface area contributed by atoms with Crippen LogP contribution in [0.5, 0.6) is 0 Å². The standard InChI is InChI=1S/C20H19FN2O6S/c1-22-8-10-6-11(20(29,19(27)28)17(24)18(25)26)2-5-15(10)30-16-9-23-14-7-12(21)3-4-13(14)16/h2-7,9,17,22-24,29H,8H2,1H3,(H,25,26)(H,27,28). The van der Waals surface area contributed by atoms with Gasteiger partial charge in [0.1, 0.15) is 5.82 Å². The fourth-order valence-electron chi connectivity index (χ4n) is 3.10. The van der Waals surface area contributed by atoms with E-state index in [1.165, 1.54) is 42.1 Å². The molecule has 0 aliphatic heterocycles. The summed E-state index contributed by atoms with van der Waals surface area (Å²) in [7, 11) is 1.67. The average molecular weight is 434 g/mol. The van der Waals surface area contributed by atoms with Crippen molar-refractivity contribution in [3.05, 3.63) is 59.5 Å². The fraction of sp³-hybridized carbons (Fsp3) is 0.200. The number of carboxylic acids is 2. The van der Waals surface area contributed by atoms with Crippen LogP contribution < -0.4 is 5.32 Å². The molecule has 2 atom stereocenters. The SMILES string of the molecule is CNCc1cc(C(O)(C(=O)O)C(O)C(=O)O)ccc1Sc1c[nH]c2cc(F)ccc12. The van der Waals surface area contributed by atoms with Crippen molar-refractivity contribution in [2.75, 3.05) is 7.05 Å². The van der Waals surface area contributed by atoms with E-state index in [9.17, 15) is 29.3 Å². The summed E-state index contributed by atoms with van der Waals surface area (Å²) >= 11 is 1.34. The number of carboxylic acid groups (broad SMARTS) is 2. The van der Waals surface area contributed by atoms with E-state index in [0.717, 1.165) is 10.3 Å². The Morgan fingerprint density at radius 3 is 2.57 bits per heavy atom. The van der Waals surface area contributed by atoms with Gasteiger partial charge in [-0.15, -0.1) is 0 Å². The monoisotopic (exact) mass is 434 g/mol. The quantitative estimate of drug-likeness (QED) is 0.316. The summed E-state index contributed by atoms with van der Waals surface area (Å²) in [6.45, 7) is 0.284. The average Bonchev–Trinajstić information content (AvgIpc) is 3.09. The topological polar surface area (TPSA) is 143 Å². The summed E-state index contributed by atoms with van der Waals surface area (Å²) in [6, 6.07) is 8.50. The van der Waals surface area contributed by atoms with Crippen molar-refractivity contribution >= 4 is 34.6 Å². The van der Waals surface area contributed by atoms with E-state index in [1.54, 1.807) is 19.3 Å². The maximum atomic E-state index is 13.4. The van der Waals surface area contributed by atoms with Gasteiger partial charge in [0.05, 0.1) is 0 Å². The lowest BCUT2D eigenvalue weighted by Crippen LogP contribution is -2.50. The lowest BCUT2D eigenvalue weighted by atomic mass is 9.87. The molecule has 30 heavy (non-hydrogen) atoms. The van der Waals surface area contributed by atoms with Crippen LogP contribution in [0.15, 0.2) is 52.4 Å². The highest BCUT2D eigenvalue weighted by molar-refractivity contribution is 7.99. The van der Waals surface area contributed by atoms with Crippen LogP contribution in [-0.4, -0.2) is 50.5 Å². The summed E-state index contributed by atoms with van der Waals surface area (Å²) in [4.78, 5) is 27.3. The van der Waals surface area contributed by atoms with Gasteiger partial charge in [-0.25, -0.2) is 14.0 Å². The lowest BCUT2D eigenvalue weighted by Gasteiger charge is -2.27. The number of H-pyrrole nitrogens is 1. The van der Waals surface area contributed by atoms with Crippen molar-refractivity contribution in [3.8, 4) is 0 Å². The van der Waals surface area contributed by atoms with Crippen molar-refractivity contribution in [1.82, 2.24) is 10.3 Å². The van der Waals surface area contributed by atoms with Gasteiger partial charge in [0, 0.05) is 33.4 Å². The fourth-order valence-corrected chi connectivity index (χ4v) is 4.14. The second kappa shape index (κ2) is 8.44. The van der Waals surface area contributed by atoms with Crippen molar-refractivity contribution in [2.24, 2.45) is 0 Å². The zero-order valence-corrected chi connectivity index (χ0v) is 16.5. The number of benzene rings is 2. The molecule has 2 aromatic carbocycles. The van der Waals surface area contributed by atoms with Crippen LogP contribution in [0.4, 0.5) is 4.39 Å². The predicted octanol–water partition coefficient (Wildman–Crippen LogP) is 1.90. The van der Waals surface area contributed by atoms with E-state index in [0.29, 0.717) is 16.0 Å². The number of hydrogen-bond donors (Lipinski definition) is 6. The molecule has 0 fully saturated rings. The Balaban J connectivity index is 2.04. The third-order valence-electron chi connectivity index (χ3n) is 4.65. The number of aromatic nitrogens is 1. The zero-order chi connectivity index (χ0) is 22.1. The van der Waals surface area contributed by atoms with Crippen LogP contribution in [0.3, 0.4) is 0 Å². The molecule has 0 saturated heterocycles. The van der Waals surface area contributed by atoms with Crippen molar-refractivity contribution in [3.63, 3.8) is 0 Å². The van der Waals surface area contributed by atoms with Crippen molar-refractivity contribution in [1.29, 1.82) is 0 Å². The third kappa shape index (κ3) is 3.90. The number of fused-ring (bicyclic) bond motifs is 1. The molecular weight excluding hydrogens is 415 g/mol. The van der Waals surface area contributed by atoms with E-state index in [2.05, 4.69) is 10.3 Å². The minimum Gasteiger partial charge on any atom is -0.479 e. The number of aliphatic hydroxyl groups excluding tert-OH is 1. The molecule has 0 radical (unpaired) electrons. The van der Waals surface area contributed by atoms with Gasteiger partial charge in [0.15, 0.2) is 6.10 Å². The van der Waals surface area contributed by atoms with Crippen LogP contribution in [-0.2, 0) is 21.7 Å². The summed E-state index contributed by atoms with van der Waals surface area (Å²) < 4.78 is 13.4. The Bertz CT molecular complexity index is 1120. The number of aliphatic carboxylic acids is 2. The summed E-state index contributed by atoms with van der Waals surface area (Å²) in [5, 5.41) is 42.5. The van der Waals surface area contributed by atoms with E-state index in [1.807, 2.05) is 0 Å². The Labute approximate surface area is 174 Å². The van der Waals surface area contributed by atoms with Gasteiger partial charge in [-0.05, 0) is 48.5 Å². The van der Waals surface area contributed by atoms with Gasteiger partial charge >= 0.3 is 11.9 Å². The second-order valence-corrected chi connectivity index (χ2v) is 7.69. The van der Waals surface area contributed by atoms with Crippen LogP contribution in [0, 0.1) is 5.82 Å². The molecule has 0 spiro atoms. The van der Waals surface area contributed by atoms with Crippen LogP contribution in [0.2, 0.25) is 0 Å². The van der Waals surface area contributed by atoms with E-state index < -0.39 is 23.6 Å². The third-order valence-corrected chi connectivity index (χ3v) is 5.83.